The first kappa shape index (κ1) is 16.3. The van der Waals surface area contributed by atoms with Crippen LogP contribution >= 0.6 is 15.9 Å². The molecule has 1 spiro atoms. The standard InChI is InChI=1S/C18H21BrNO.ClH/c19-15-5-4-13-8-14-10-20(6-2-1-3-7-20)11-17(14)18(12-21)16(13)9-15;/h4-5,8-9,21H,1-3,6-7,10-12H2;1H/q+1;/p-1. The van der Waals surface area contributed by atoms with E-state index >= 15 is 0 Å². The molecule has 4 heteroatoms. The highest BCUT2D eigenvalue weighted by molar-refractivity contribution is 9.10. The van der Waals surface area contributed by atoms with E-state index in [1.165, 1.54) is 58.7 Å². The van der Waals surface area contributed by atoms with Crippen LogP contribution in [0.2, 0.25) is 0 Å². The topological polar surface area (TPSA) is 20.2 Å². The van der Waals surface area contributed by atoms with E-state index in [1.54, 1.807) is 0 Å². The maximum absolute atomic E-state index is 9.96. The highest BCUT2D eigenvalue weighted by atomic mass is 79.9. The van der Waals surface area contributed by atoms with Crippen molar-refractivity contribution in [2.75, 3.05) is 13.1 Å². The Kier molecular flexibility index (Phi) is 4.52. The van der Waals surface area contributed by atoms with Gasteiger partial charge in [-0.25, -0.2) is 0 Å². The molecule has 2 heterocycles. The molecule has 0 radical (unpaired) electrons. The highest BCUT2D eigenvalue weighted by Crippen LogP contribution is 2.39. The van der Waals surface area contributed by atoms with Gasteiger partial charge in [-0.3, -0.25) is 0 Å². The molecule has 2 aliphatic rings. The van der Waals surface area contributed by atoms with Gasteiger partial charge in [0.2, 0.25) is 0 Å². The van der Waals surface area contributed by atoms with Crippen LogP contribution in [0, 0.1) is 0 Å². The lowest BCUT2D eigenvalue weighted by Gasteiger charge is -2.37. The first-order chi connectivity index (χ1) is 10.2. The molecule has 4 rings (SSSR count). The summed E-state index contributed by atoms with van der Waals surface area (Å²) in [6.07, 6.45) is 4.10. The molecule has 0 atom stereocenters. The number of hydrogen-bond acceptors (Lipinski definition) is 1. The van der Waals surface area contributed by atoms with Gasteiger partial charge < -0.3 is 22.0 Å². The second-order valence-corrected chi connectivity index (χ2v) is 7.60. The number of aliphatic hydroxyl groups is 1. The van der Waals surface area contributed by atoms with Gasteiger partial charge in [-0.15, -0.1) is 0 Å². The number of benzene rings is 2. The normalized spacial score (nSPS) is 19.2. The Balaban J connectivity index is 0.00000144. The summed E-state index contributed by atoms with van der Waals surface area (Å²) < 4.78 is 2.31. The first-order valence-corrected chi connectivity index (χ1v) is 8.69. The van der Waals surface area contributed by atoms with Crippen molar-refractivity contribution in [1.82, 2.24) is 0 Å². The van der Waals surface area contributed by atoms with E-state index < -0.39 is 0 Å². The molecule has 1 saturated heterocycles. The molecular formula is C18H21BrClNO. The zero-order valence-corrected chi connectivity index (χ0v) is 15.0. The van der Waals surface area contributed by atoms with Crippen LogP contribution in [-0.4, -0.2) is 22.7 Å². The zero-order valence-electron chi connectivity index (χ0n) is 12.6. The van der Waals surface area contributed by atoms with Gasteiger partial charge in [0, 0.05) is 15.6 Å². The predicted octanol–water partition coefficient (Wildman–Crippen LogP) is 1.11. The lowest BCUT2D eigenvalue weighted by Crippen LogP contribution is -3.00. The summed E-state index contributed by atoms with van der Waals surface area (Å²) in [5, 5.41) is 12.4. The minimum Gasteiger partial charge on any atom is -1.00 e. The van der Waals surface area contributed by atoms with Crippen molar-refractivity contribution in [2.24, 2.45) is 0 Å². The first-order valence-electron chi connectivity index (χ1n) is 7.90. The molecule has 0 unspecified atom stereocenters. The summed E-state index contributed by atoms with van der Waals surface area (Å²) in [6.45, 7) is 5.04. The van der Waals surface area contributed by atoms with E-state index in [0.717, 1.165) is 23.1 Å². The van der Waals surface area contributed by atoms with Crippen molar-refractivity contribution in [1.29, 1.82) is 0 Å². The molecule has 2 nitrogen and oxygen atoms in total. The second-order valence-electron chi connectivity index (χ2n) is 6.68. The molecule has 22 heavy (non-hydrogen) atoms. The van der Waals surface area contributed by atoms with Crippen LogP contribution in [0.15, 0.2) is 28.7 Å². The van der Waals surface area contributed by atoms with Gasteiger partial charge in [0.25, 0.3) is 0 Å². The number of rotatable bonds is 1. The van der Waals surface area contributed by atoms with Crippen LogP contribution < -0.4 is 12.4 Å². The number of aliphatic hydroxyl groups excluding tert-OH is 1. The summed E-state index contributed by atoms with van der Waals surface area (Å²) in [4.78, 5) is 0. The summed E-state index contributed by atoms with van der Waals surface area (Å²) in [5.74, 6) is 0. The molecule has 2 aliphatic heterocycles. The van der Waals surface area contributed by atoms with Gasteiger partial charge in [0.1, 0.15) is 13.1 Å². The number of fused-ring (bicyclic) bond motifs is 2. The lowest BCUT2D eigenvalue weighted by atomic mass is 9.96. The predicted molar refractivity (Wildman–Crippen MR) is 88.8 cm³/mol. The van der Waals surface area contributed by atoms with E-state index in [9.17, 15) is 5.11 Å². The van der Waals surface area contributed by atoms with Gasteiger partial charge in [0.15, 0.2) is 0 Å². The highest BCUT2D eigenvalue weighted by Gasteiger charge is 2.38. The second kappa shape index (κ2) is 6.12. The Morgan fingerprint density at radius 3 is 2.55 bits per heavy atom. The van der Waals surface area contributed by atoms with Crippen molar-refractivity contribution < 1.29 is 22.0 Å². The number of quaternary nitrogens is 1. The largest absolute Gasteiger partial charge is 1.00 e. The maximum Gasteiger partial charge on any atom is 0.105 e. The number of piperidine rings is 1. The molecule has 0 amide bonds. The molecular weight excluding hydrogens is 362 g/mol. The minimum absolute atomic E-state index is 0. The lowest BCUT2D eigenvalue weighted by molar-refractivity contribution is -0.951. The van der Waals surface area contributed by atoms with Crippen LogP contribution in [-0.2, 0) is 19.7 Å². The third kappa shape index (κ3) is 2.58. The van der Waals surface area contributed by atoms with Gasteiger partial charge >= 0.3 is 0 Å². The van der Waals surface area contributed by atoms with Crippen molar-refractivity contribution in [3.8, 4) is 0 Å². The molecule has 0 saturated carbocycles. The average molecular weight is 383 g/mol. The fourth-order valence-corrected chi connectivity index (χ4v) is 4.68. The molecule has 0 bridgehead atoms. The van der Waals surface area contributed by atoms with Gasteiger partial charge in [-0.2, -0.15) is 0 Å². The Bertz CT molecular complexity index is 710. The summed E-state index contributed by atoms with van der Waals surface area (Å²) in [6, 6.07) is 8.77. The molecule has 118 valence electrons. The monoisotopic (exact) mass is 381 g/mol. The minimum atomic E-state index is 0. The van der Waals surface area contributed by atoms with E-state index in [2.05, 4.69) is 40.2 Å². The average Bonchev–Trinajstić information content (AvgIpc) is 2.82. The van der Waals surface area contributed by atoms with Crippen molar-refractivity contribution >= 4 is 26.7 Å². The third-order valence-electron chi connectivity index (χ3n) is 5.34. The molecule has 1 fully saturated rings. The summed E-state index contributed by atoms with van der Waals surface area (Å²) in [5.41, 5.74) is 4.05. The van der Waals surface area contributed by atoms with Crippen LogP contribution in [0.25, 0.3) is 10.8 Å². The number of nitrogens with zero attached hydrogens (tertiary/aromatic N) is 1. The van der Waals surface area contributed by atoms with Gasteiger partial charge in [-0.05, 0) is 53.8 Å². The Labute approximate surface area is 146 Å². The fraction of sp³-hybridized carbons (Fsp3) is 0.444. The van der Waals surface area contributed by atoms with Crippen molar-refractivity contribution in [2.45, 2.75) is 39.0 Å². The quantitative estimate of drug-likeness (QED) is 0.733. The van der Waals surface area contributed by atoms with Crippen molar-refractivity contribution in [3.05, 3.63) is 45.4 Å². The van der Waals surface area contributed by atoms with Crippen molar-refractivity contribution in [3.63, 3.8) is 0 Å². The van der Waals surface area contributed by atoms with Crippen LogP contribution in [0.1, 0.15) is 36.0 Å². The Morgan fingerprint density at radius 1 is 1.05 bits per heavy atom. The van der Waals surface area contributed by atoms with E-state index in [1.807, 2.05) is 0 Å². The zero-order chi connectivity index (χ0) is 14.4. The van der Waals surface area contributed by atoms with E-state index in [4.69, 9.17) is 0 Å². The third-order valence-corrected chi connectivity index (χ3v) is 5.84. The van der Waals surface area contributed by atoms with E-state index in [0.29, 0.717) is 0 Å². The smallest absolute Gasteiger partial charge is 0.105 e. The van der Waals surface area contributed by atoms with E-state index in [-0.39, 0.29) is 19.0 Å². The van der Waals surface area contributed by atoms with Gasteiger partial charge in [0.05, 0.1) is 19.7 Å². The summed E-state index contributed by atoms with van der Waals surface area (Å²) in [7, 11) is 0. The van der Waals surface area contributed by atoms with Gasteiger partial charge in [-0.1, -0.05) is 22.0 Å². The SMILES string of the molecule is OCc1c2c(cc3ccc(Br)cc13)C[N+]1(CCCCC1)C2.[Cl-]. The molecule has 0 aromatic heterocycles. The maximum atomic E-state index is 9.96. The van der Waals surface area contributed by atoms with Crippen LogP contribution in [0.4, 0.5) is 0 Å². The summed E-state index contributed by atoms with van der Waals surface area (Å²) >= 11 is 3.56. The molecule has 2 aromatic rings. The number of hydrogen-bond donors (Lipinski definition) is 1. The molecule has 1 N–H and O–H groups in total. The van der Waals surface area contributed by atoms with Crippen LogP contribution in [0.3, 0.4) is 0 Å². The molecule has 0 aliphatic carbocycles. The number of halogens is 2. The molecule has 2 aromatic carbocycles. The Morgan fingerprint density at radius 2 is 1.82 bits per heavy atom. The Hall–Kier alpha value is -0.610. The fourth-order valence-electron chi connectivity index (χ4n) is 4.32. The van der Waals surface area contributed by atoms with Crippen LogP contribution in [0.5, 0.6) is 0 Å².